The van der Waals surface area contributed by atoms with E-state index >= 15 is 0 Å². The summed E-state index contributed by atoms with van der Waals surface area (Å²) in [4.78, 5) is 9.65. The minimum Gasteiger partial charge on any atom is -0.481 e. The van der Waals surface area contributed by atoms with E-state index in [1.807, 2.05) is 0 Å². The maximum Gasteiger partial charge on any atom is 0.303 e. The van der Waals surface area contributed by atoms with E-state index < -0.39 is 5.97 Å². The van der Waals surface area contributed by atoms with E-state index in [1.165, 1.54) is 0 Å². The van der Waals surface area contributed by atoms with E-state index in [2.05, 4.69) is 0 Å². The maximum absolute atomic E-state index is 9.65. The molecular formula is C4H8MnO3. The molecule has 1 radical (unpaired) electrons. The minimum atomic E-state index is -0.853. The van der Waals surface area contributed by atoms with Crippen LogP contribution in [0.4, 0.5) is 0 Å². The Morgan fingerprint density at radius 2 is 2.00 bits per heavy atom. The number of hydrogen-bond donors (Lipinski definition) is 2. The standard InChI is InChI=1S/C4H8O3.Mn/c5-3-1-2-4(6)7;/h5H,1-3H2,(H,6,7);. The third-order valence-corrected chi connectivity index (χ3v) is 0.549. The Morgan fingerprint density at radius 3 is 2.12 bits per heavy atom. The molecule has 0 aromatic carbocycles. The zero-order chi connectivity index (χ0) is 5.70. The van der Waals surface area contributed by atoms with E-state index in [0.717, 1.165) is 0 Å². The fraction of sp³-hybridized carbons (Fsp3) is 0.750. The van der Waals surface area contributed by atoms with Crippen LogP contribution in [0.2, 0.25) is 0 Å². The van der Waals surface area contributed by atoms with Gasteiger partial charge in [0.2, 0.25) is 0 Å². The molecular weight excluding hydrogens is 151 g/mol. The van der Waals surface area contributed by atoms with Gasteiger partial charge in [0, 0.05) is 30.1 Å². The van der Waals surface area contributed by atoms with Crippen molar-refractivity contribution in [1.82, 2.24) is 0 Å². The topological polar surface area (TPSA) is 57.5 Å². The molecule has 0 aromatic heterocycles. The van der Waals surface area contributed by atoms with Crippen LogP contribution in [0.15, 0.2) is 0 Å². The minimum absolute atomic E-state index is 0. The van der Waals surface area contributed by atoms with E-state index in [-0.39, 0.29) is 30.1 Å². The van der Waals surface area contributed by atoms with Crippen molar-refractivity contribution in [3.05, 3.63) is 0 Å². The second-order valence-corrected chi connectivity index (χ2v) is 1.22. The predicted octanol–water partition coefficient (Wildman–Crippen LogP) is -0.159. The second-order valence-electron chi connectivity index (χ2n) is 1.22. The van der Waals surface area contributed by atoms with Gasteiger partial charge in [0.1, 0.15) is 0 Å². The Morgan fingerprint density at radius 1 is 1.50 bits per heavy atom. The molecule has 4 heteroatoms. The Kier molecular flexibility index (Phi) is 9.42. The van der Waals surface area contributed by atoms with Crippen LogP contribution in [-0.2, 0) is 21.9 Å². The molecule has 0 aliphatic heterocycles. The van der Waals surface area contributed by atoms with Crippen molar-refractivity contribution < 1.29 is 32.1 Å². The summed E-state index contributed by atoms with van der Waals surface area (Å²) in [5.74, 6) is -0.853. The van der Waals surface area contributed by atoms with Crippen molar-refractivity contribution in [2.75, 3.05) is 6.61 Å². The van der Waals surface area contributed by atoms with Crippen LogP contribution in [0, 0.1) is 0 Å². The van der Waals surface area contributed by atoms with Crippen molar-refractivity contribution in [3.8, 4) is 0 Å². The average molecular weight is 159 g/mol. The van der Waals surface area contributed by atoms with Gasteiger partial charge in [-0.05, 0) is 6.42 Å². The molecule has 0 aliphatic carbocycles. The first kappa shape index (κ1) is 10.8. The number of carboxylic acid groups (broad SMARTS) is 1. The van der Waals surface area contributed by atoms with Crippen LogP contribution in [0.25, 0.3) is 0 Å². The van der Waals surface area contributed by atoms with Crippen LogP contribution in [0.5, 0.6) is 0 Å². The summed E-state index contributed by atoms with van der Waals surface area (Å²) in [6.45, 7) is -0.0354. The van der Waals surface area contributed by atoms with E-state index in [1.54, 1.807) is 0 Å². The fourth-order valence-corrected chi connectivity index (χ4v) is 0.230. The first-order valence-corrected chi connectivity index (χ1v) is 2.10. The second kappa shape index (κ2) is 6.95. The van der Waals surface area contributed by atoms with Crippen molar-refractivity contribution in [2.45, 2.75) is 12.8 Å². The number of aliphatic carboxylic acids is 1. The molecule has 0 saturated heterocycles. The first-order chi connectivity index (χ1) is 3.27. The monoisotopic (exact) mass is 159 g/mol. The van der Waals surface area contributed by atoms with E-state index in [0.29, 0.717) is 6.42 Å². The van der Waals surface area contributed by atoms with Gasteiger partial charge in [-0.15, -0.1) is 0 Å². The predicted molar refractivity (Wildman–Crippen MR) is 24.0 cm³/mol. The summed E-state index contributed by atoms with van der Waals surface area (Å²) in [6, 6.07) is 0. The molecule has 0 spiro atoms. The molecule has 0 aliphatic rings. The Bertz CT molecular complexity index is 64.3. The molecule has 0 atom stereocenters. The average Bonchev–Trinajstić information content (AvgIpc) is 1.61. The van der Waals surface area contributed by atoms with Crippen LogP contribution in [0.3, 0.4) is 0 Å². The summed E-state index contributed by atoms with van der Waals surface area (Å²) in [5.41, 5.74) is 0. The number of carboxylic acids is 1. The molecule has 0 fully saturated rings. The molecule has 0 heterocycles. The number of hydrogen-bond acceptors (Lipinski definition) is 2. The smallest absolute Gasteiger partial charge is 0.303 e. The molecule has 0 unspecified atom stereocenters. The van der Waals surface area contributed by atoms with Crippen molar-refractivity contribution >= 4 is 5.97 Å². The molecule has 0 bridgehead atoms. The Hall–Kier alpha value is -0.0505. The Balaban J connectivity index is 0. The first-order valence-electron chi connectivity index (χ1n) is 2.10. The SMILES string of the molecule is O=C(O)CCCO.[Mn]. The molecule has 3 nitrogen and oxygen atoms in total. The van der Waals surface area contributed by atoms with Gasteiger partial charge in [0.05, 0.1) is 0 Å². The molecule has 2 N–H and O–H groups in total. The van der Waals surface area contributed by atoms with Crippen molar-refractivity contribution in [1.29, 1.82) is 0 Å². The van der Waals surface area contributed by atoms with Crippen molar-refractivity contribution in [2.24, 2.45) is 0 Å². The van der Waals surface area contributed by atoms with Gasteiger partial charge < -0.3 is 10.2 Å². The summed E-state index contributed by atoms with van der Waals surface area (Å²) in [7, 11) is 0. The summed E-state index contributed by atoms with van der Waals surface area (Å²) >= 11 is 0. The molecule has 8 heavy (non-hydrogen) atoms. The third-order valence-electron chi connectivity index (χ3n) is 0.549. The molecule has 0 saturated carbocycles. The fourth-order valence-electron chi connectivity index (χ4n) is 0.230. The van der Waals surface area contributed by atoms with Gasteiger partial charge in [0.25, 0.3) is 0 Å². The normalized spacial score (nSPS) is 7.62. The van der Waals surface area contributed by atoms with Crippen LogP contribution >= 0.6 is 0 Å². The summed E-state index contributed by atoms with van der Waals surface area (Å²) < 4.78 is 0. The van der Waals surface area contributed by atoms with E-state index in [9.17, 15) is 4.79 Å². The van der Waals surface area contributed by atoms with Gasteiger partial charge in [0.15, 0.2) is 0 Å². The largest absolute Gasteiger partial charge is 0.481 e. The van der Waals surface area contributed by atoms with Gasteiger partial charge >= 0.3 is 5.97 Å². The zero-order valence-electron chi connectivity index (χ0n) is 4.30. The van der Waals surface area contributed by atoms with Gasteiger partial charge in [-0.25, -0.2) is 0 Å². The van der Waals surface area contributed by atoms with Crippen LogP contribution in [0.1, 0.15) is 12.8 Å². The van der Waals surface area contributed by atoms with Crippen LogP contribution in [-0.4, -0.2) is 22.8 Å². The van der Waals surface area contributed by atoms with Gasteiger partial charge in [-0.2, -0.15) is 0 Å². The quantitative estimate of drug-likeness (QED) is 0.562. The molecule has 49 valence electrons. The van der Waals surface area contributed by atoms with Crippen molar-refractivity contribution in [3.63, 3.8) is 0 Å². The van der Waals surface area contributed by atoms with E-state index in [4.69, 9.17) is 10.2 Å². The number of aliphatic hydroxyl groups excluding tert-OH is 1. The third kappa shape index (κ3) is 9.34. The number of rotatable bonds is 3. The number of aliphatic hydroxyl groups is 1. The zero-order valence-corrected chi connectivity index (χ0v) is 5.48. The van der Waals surface area contributed by atoms with Crippen LogP contribution < -0.4 is 0 Å². The molecule has 0 aromatic rings. The molecule has 0 amide bonds. The molecule has 0 rings (SSSR count). The number of carbonyl (C=O) groups is 1. The van der Waals surface area contributed by atoms with Gasteiger partial charge in [-0.1, -0.05) is 0 Å². The summed E-state index contributed by atoms with van der Waals surface area (Å²) in [5, 5.41) is 16.0. The van der Waals surface area contributed by atoms with Gasteiger partial charge in [-0.3, -0.25) is 4.79 Å². The summed E-state index contributed by atoms with van der Waals surface area (Å²) in [6.07, 6.45) is 0.422. The Labute approximate surface area is 58.2 Å². The maximum atomic E-state index is 9.65.